The van der Waals surface area contributed by atoms with Gasteiger partial charge in [-0.2, -0.15) is 0 Å². The highest BCUT2D eigenvalue weighted by Gasteiger charge is 2.22. The Morgan fingerprint density at radius 2 is 0.567 bits per heavy atom. The maximum Gasteiger partial charge on any atom is 0.128 e. The molecule has 30 heavy (non-hydrogen) atoms. The van der Waals surface area contributed by atoms with E-state index in [1.165, 1.54) is 138 Å². The summed E-state index contributed by atoms with van der Waals surface area (Å²) in [6.07, 6.45) is 22.9. The van der Waals surface area contributed by atoms with Gasteiger partial charge in [0.15, 0.2) is 0 Å². The van der Waals surface area contributed by atoms with Crippen LogP contribution in [0.3, 0.4) is 0 Å². The van der Waals surface area contributed by atoms with Crippen LogP contribution in [0, 0.1) is 0 Å². The molecule has 0 aromatic rings. The number of hydrogen-bond acceptors (Lipinski definition) is 0. The molecule has 0 atom stereocenters. The minimum atomic E-state index is 0. The van der Waals surface area contributed by atoms with Crippen molar-refractivity contribution >= 4 is 0 Å². The van der Waals surface area contributed by atoms with Gasteiger partial charge in [-0.15, -0.1) is 0 Å². The molecule has 0 fully saturated rings. The highest BCUT2D eigenvalue weighted by atomic mass is 79.9. The second kappa shape index (κ2) is 23.1. The molecular formula is C26H58Br2N2. The summed E-state index contributed by atoms with van der Waals surface area (Å²) in [6, 6.07) is 0. The van der Waals surface area contributed by atoms with E-state index in [-0.39, 0.29) is 34.0 Å². The summed E-state index contributed by atoms with van der Waals surface area (Å²) < 4.78 is 2.41. The normalized spacial score (nSPS) is 11.8. The molecule has 2 nitrogen and oxygen atoms in total. The fourth-order valence-electron chi connectivity index (χ4n) is 4.11. The van der Waals surface area contributed by atoms with Gasteiger partial charge in [0, 0.05) is 0 Å². The number of likely N-dealkylation sites (N-methyl/N-ethyl adjacent to an activating group) is 2. The van der Waals surface area contributed by atoms with Crippen LogP contribution in [-0.2, 0) is 0 Å². The monoisotopic (exact) mass is 556 g/mol. The molecule has 0 heterocycles. The lowest BCUT2D eigenvalue weighted by atomic mass is 10.1. The SMILES string of the molecule is CCCCCCCCCCCC[N+](C)(C)CC[N+](C)(C)CCCCCCCC.[Br-].[Br-]. The van der Waals surface area contributed by atoms with E-state index in [0.717, 1.165) is 0 Å². The summed E-state index contributed by atoms with van der Waals surface area (Å²) in [4.78, 5) is 0. The van der Waals surface area contributed by atoms with Crippen molar-refractivity contribution < 1.29 is 42.9 Å². The molecule has 0 aliphatic carbocycles. The fraction of sp³-hybridized carbons (Fsp3) is 1.00. The van der Waals surface area contributed by atoms with Crippen molar-refractivity contribution in [2.75, 3.05) is 54.4 Å². The minimum absolute atomic E-state index is 0. The van der Waals surface area contributed by atoms with Crippen molar-refractivity contribution in [2.45, 2.75) is 117 Å². The van der Waals surface area contributed by atoms with Gasteiger partial charge in [-0.25, -0.2) is 0 Å². The van der Waals surface area contributed by atoms with E-state index >= 15 is 0 Å². The Morgan fingerprint density at radius 1 is 0.333 bits per heavy atom. The Balaban J connectivity index is -0.00000364. The van der Waals surface area contributed by atoms with Crippen molar-refractivity contribution in [3.8, 4) is 0 Å². The molecule has 0 saturated carbocycles. The molecule has 186 valence electrons. The van der Waals surface area contributed by atoms with Gasteiger partial charge in [-0.05, 0) is 25.7 Å². The second-order valence-electron chi connectivity index (χ2n) is 10.7. The Morgan fingerprint density at radius 3 is 0.833 bits per heavy atom. The molecule has 0 radical (unpaired) electrons. The van der Waals surface area contributed by atoms with Crippen LogP contribution < -0.4 is 34.0 Å². The van der Waals surface area contributed by atoms with Gasteiger partial charge >= 0.3 is 0 Å². The first-order valence-electron chi connectivity index (χ1n) is 13.0. The van der Waals surface area contributed by atoms with Gasteiger partial charge in [0.2, 0.25) is 0 Å². The van der Waals surface area contributed by atoms with E-state index in [9.17, 15) is 0 Å². The number of hydrogen-bond donors (Lipinski definition) is 0. The Kier molecular flexibility index (Phi) is 27.3. The molecule has 0 aromatic heterocycles. The highest BCUT2D eigenvalue weighted by Crippen LogP contribution is 2.13. The van der Waals surface area contributed by atoms with E-state index in [0.29, 0.717) is 0 Å². The van der Waals surface area contributed by atoms with E-state index in [2.05, 4.69) is 42.0 Å². The van der Waals surface area contributed by atoms with Gasteiger partial charge in [-0.3, -0.25) is 0 Å². The lowest BCUT2D eigenvalue weighted by Gasteiger charge is -2.36. The smallest absolute Gasteiger partial charge is 0.128 e. The lowest BCUT2D eigenvalue weighted by Crippen LogP contribution is -3.00. The van der Waals surface area contributed by atoms with Crippen LogP contribution >= 0.6 is 0 Å². The van der Waals surface area contributed by atoms with Gasteiger partial charge in [-0.1, -0.05) is 90.9 Å². The number of halogens is 2. The van der Waals surface area contributed by atoms with Gasteiger partial charge in [0.25, 0.3) is 0 Å². The molecule has 0 aliphatic heterocycles. The van der Waals surface area contributed by atoms with E-state index in [1.807, 2.05) is 0 Å². The summed E-state index contributed by atoms with van der Waals surface area (Å²) in [5, 5.41) is 0. The first kappa shape index (κ1) is 35.5. The third-order valence-corrected chi connectivity index (χ3v) is 6.54. The molecule has 4 heteroatoms. The van der Waals surface area contributed by atoms with Crippen LogP contribution in [0.2, 0.25) is 0 Å². The quantitative estimate of drug-likeness (QED) is 0.148. The van der Waals surface area contributed by atoms with Crippen LogP contribution in [0.4, 0.5) is 0 Å². The zero-order valence-corrected chi connectivity index (χ0v) is 25.0. The molecule has 0 bridgehead atoms. The highest BCUT2D eigenvalue weighted by molar-refractivity contribution is 4.48. The average Bonchev–Trinajstić information content (AvgIpc) is 2.65. The summed E-state index contributed by atoms with van der Waals surface area (Å²) in [5.74, 6) is 0. The molecule has 0 spiro atoms. The Bertz CT molecular complexity index is 333. The molecule has 0 N–H and O–H groups in total. The third kappa shape index (κ3) is 25.1. The first-order chi connectivity index (χ1) is 13.3. The van der Waals surface area contributed by atoms with Crippen LogP contribution in [0.5, 0.6) is 0 Å². The predicted octanol–water partition coefficient (Wildman–Crippen LogP) is 1.43. The molecule has 0 aromatic carbocycles. The van der Waals surface area contributed by atoms with Gasteiger partial charge < -0.3 is 42.9 Å². The van der Waals surface area contributed by atoms with Crippen LogP contribution in [-0.4, -0.2) is 63.3 Å². The number of nitrogens with zero attached hydrogens (tertiary/aromatic N) is 2. The van der Waals surface area contributed by atoms with E-state index in [1.54, 1.807) is 0 Å². The number of rotatable bonds is 21. The maximum atomic E-state index is 2.44. The molecule has 0 amide bonds. The Hall–Kier alpha value is 0.880. The summed E-state index contributed by atoms with van der Waals surface area (Å²) in [6.45, 7) is 9.95. The molecule has 0 rings (SSSR count). The van der Waals surface area contributed by atoms with Crippen LogP contribution in [0.25, 0.3) is 0 Å². The largest absolute Gasteiger partial charge is 1.00 e. The minimum Gasteiger partial charge on any atom is -1.00 e. The first-order valence-corrected chi connectivity index (χ1v) is 13.0. The molecule has 0 saturated heterocycles. The Labute approximate surface area is 213 Å². The zero-order valence-electron chi connectivity index (χ0n) is 21.8. The standard InChI is InChI=1S/C26H58N2.2BrH/c1-7-9-11-13-15-16-17-18-20-22-24-28(5,6)26-25-27(3,4)23-21-19-14-12-10-8-2;;/h7-26H2,1-6H3;2*1H/q+2;;/p-2. The van der Waals surface area contributed by atoms with Crippen molar-refractivity contribution in [3.63, 3.8) is 0 Å². The lowest BCUT2D eigenvalue weighted by molar-refractivity contribution is -0.946. The van der Waals surface area contributed by atoms with Gasteiger partial charge in [0.05, 0.1) is 41.3 Å². The van der Waals surface area contributed by atoms with Crippen molar-refractivity contribution in [2.24, 2.45) is 0 Å². The zero-order chi connectivity index (χ0) is 21.1. The van der Waals surface area contributed by atoms with Crippen LogP contribution in [0.1, 0.15) is 117 Å². The second-order valence-corrected chi connectivity index (χ2v) is 10.7. The third-order valence-electron chi connectivity index (χ3n) is 6.54. The number of quaternary nitrogens is 2. The molecule has 0 aliphatic rings. The summed E-state index contributed by atoms with van der Waals surface area (Å²) in [5.41, 5.74) is 0. The van der Waals surface area contributed by atoms with Crippen molar-refractivity contribution in [1.82, 2.24) is 0 Å². The average molecular weight is 559 g/mol. The van der Waals surface area contributed by atoms with Crippen molar-refractivity contribution in [1.29, 1.82) is 0 Å². The fourth-order valence-corrected chi connectivity index (χ4v) is 4.11. The number of unbranched alkanes of at least 4 members (excludes halogenated alkanes) is 14. The van der Waals surface area contributed by atoms with Gasteiger partial charge in [0.1, 0.15) is 13.1 Å². The van der Waals surface area contributed by atoms with Crippen LogP contribution in [0.15, 0.2) is 0 Å². The topological polar surface area (TPSA) is 0 Å². The van der Waals surface area contributed by atoms with E-state index < -0.39 is 0 Å². The summed E-state index contributed by atoms with van der Waals surface area (Å²) in [7, 11) is 9.76. The maximum absolute atomic E-state index is 2.44. The van der Waals surface area contributed by atoms with E-state index in [4.69, 9.17) is 0 Å². The molecule has 0 unspecified atom stereocenters. The summed E-state index contributed by atoms with van der Waals surface area (Å²) >= 11 is 0. The predicted molar refractivity (Wildman–Crippen MR) is 129 cm³/mol. The molecular weight excluding hydrogens is 500 g/mol. The van der Waals surface area contributed by atoms with Crippen molar-refractivity contribution in [3.05, 3.63) is 0 Å².